The van der Waals surface area contributed by atoms with Gasteiger partial charge in [0.2, 0.25) is 0 Å². The average Bonchev–Trinajstić information content (AvgIpc) is 3.04. The lowest BCUT2D eigenvalue weighted by molar-refractivity contribution is -0.115. The monoisotopic (exact) mass is 402 g/mol. The van der Waals surface area contributed by atoms with Gasteiger partial charge in [-0.05, 0) is 46.5 Å². The van der Waals surface area contributed by atoms with Crippen molar-refractivity contribution in [1.82, 2.24) is 5.32 Å². The predicted octanol–water partition coefficient (Wildman–Crippen LogP) is 5.45. The number of carbonyl (C=O) groups excluding carboxylic acids is 1. The molecule has 3 aromatic carbocycles. The standard InChI is InChI=1S/C23H18N2OS2/c26-22-21(28-23(27)25-22)13-17-8-4-9-18(12-17)19-10-5-11-20(14-19)24-15-16-6-2-1-3-7-16/h1-14,24H,15H2,(H,25,26,27)/b21-13-. The molecule has 138 valence electrons. The highest BCUT2D eigenvalue weighted by molar-refractivity contribution is 8.26. The first-order valence-corrected chi connectivity index (χ1v) is 10.1. The fourth-order valence-corrected chi connectivity index (χ4v) is 4.03. The minimum atomic E-state index is -0.132. The van der Waals surface area contributed by atoms with Crippen molar-refractivity contribution in [3.05, 3.63) is 94.9 Å². The van der Waals surface area contributed by atoms with Crippen molar-refractivity contribution in [2.75, 3.05) is 5.32 Å². The molecule has 3 aromatic rings. The second-order valence-electron chi connectivity index (χ2n) is 6.40. The Hall–Kier alpha value is -2.89. The molecule has 1 aliphatic rings. The number of nitrogens with one attached hydrogen (secondary N) is 2. The molecule has 5 heteroatoms. The fraction of sp³-hybridized carbons (Fsp3) is 0.0435. The number of hydrogen-bond donors (Lipinski definition) is 2. The zero-order valence-corrected chi connectivity index (χ0v) is 16.6. The molecule has 0 atom stereocenters. The Morgan fingerprint density at radius 2 is 1.68 bits per heavy atom. The van der Waals surface area contributed by atoms with Crippen molar-refractivity contribution in [2.24, 2.45) is 0 Å². The van der Waals surface area contributed by atoms with Gasteiger partial charge in [0, 0.05) is 12.2 Å². The Kier molecular flexibility index (Phi) is 5.55. The highest BCUT2D eigenvalue weighted by atomic mass is 32.2. The third kappa shape index (κ3) is 4.50. The van der Waals surface area contributed by atoms with Crippen LogP contribution < -0.4 is 10.6 Å². The maximum Gasteiger partial charge on any atom is 0.263 e. The van der Waals surface area contributed by atoms with E-state index < -0.39 is 0 Å². The van der Waals surface area contributed by atoms with Crippen LogP contribution in [-0.4, -0.2) is 10.2 Å². The zero-order valence-electron chi connectivity index (χ0n) is 15.0. The van der Waals surface area contributed by atoms with Gasteiger partial charge in [-0.1, -0.05) is 84.6 Å². The second-order valence-corrected chi connectivity index (χ2v) is 8.12. The Morgan fingerprint density at radius 3 is 2.43 bits per heavy atom. The summed E-state index contributed by atoms with van der Waals surface area (Å²) >= 11 is 6.35. The molecule has 2 N–H and O–H groups in total. The maximum atomic E-state index is 11.9. The predicted molar refractivity (Wildman–Crippen MR) is 122 cm³/mol. The molecule has 1 amide bonds. The summed E-state index contributed by atoms with van der Waals surface area (Å²) in [6.45, 7) is 0.780. The molecule has 0 radical (unpaired) electrons. The molecule has 1 heterocycles. The van der Waals surface area contributed by atoms with E-state index >= 15 is 0 Å². The number of carbonyl (C=O) groups is 1. The lowest BCUT2D eigenvalue weighted by atomic mass is 10.0. The number of amides is 1. The van der Waals surface area contributed by atoms with Crippen LogP contribution in [0, 0.1) is 0 Å². The third-order valence-corrected chi connectivity index (χ3v) is 5.52. The quantitative estimate of drug-likeness (QED) is 0.440. The molecule has 0 saturated carbocycles. The van der Waals surface area contributed by atoms with Gasteiger partial charge in [0.1, 0.15) is 4.32 Å². The van der Waals surface area contributed by atoms with Crippen LogP contribution in [0.3, 0.4) is 0 Å². The van der Waals surface area contributed by atoms with E-state index in [-0.39, 0.29) is 5.91 Å². The maximum absolute atomic E-state index is 11.9. The Labute approximate surface area is 173 Å². The highest BCUT2D eigenvalue weighted by Crippen LogP contribution is 2.28. The van der Waals surface area contributed by atoms with Crippen molar-refractivity contribution < 1.29 is 4.79 Å². The van der Waals surface area contributed by atoms with E-state index in [0.717, 1.165) is 28.9 Å². The molecule has 1 saturated heterocycles. The minimum absolute atomic E-state index is 0.132. The average molecular weight is 403 g/mol. The lowest BCUT2D eigenvalue weighted by Crippen LogP contribution is -2.17. The number of anilines is 1. The van der Waals surface area contributed by atoms with Crippen molar-refractivity contribution in [3.8, 4) is 11.1 Å². The number of rotatable bonds is 5. The van der Waals surface area contributed by atoms with Gasteiger partial charge in [0.25, 0.3) is 5.91 Å². The summed E-state index contributed by atoms with van der Waals surface area (Å²) in [5.74, 6) is -0.132. The van der Waals surface area contributed by atoms with Gasteiger partial charge in [-0.15, -0.1) is 0 Å². The van der Waals surface area contributed by atoms with Gasteiger partial charge in [-0.3, -0.25) is 4.79 Å². The summed E-state index contributed by atoms with van der Waals surface area (Å²) in [7, 11) is 0. The largest absolute Gasteiger partial charge is 0.381 e. The molecule has 0 unspecified atom stereocenters. The SMILES string of the molecule is O=C1NC(=S)S/C1=C\c1cccc(-c2cccc(NCc3ccccc3)c2)c1. The van der Waals surface area contributed by atoms with E-state index in [2.05, 4.69) is 53.1 Å². The van der Waals surface area contributed by atoms with Crippen molar-refractivity contribution in [1.29, 1.82) is 0 Å². The van der Waals surface area contributed by atoms with Crippen LogP contribution in [0.15, 0.2) is 83.8 Å². The van der Waals surface area contributed by atoms with Gasteiger partial charge in [-0.2, -0.15) is 0 Å². The first kappa shape index (κ1) is 18.5. The van der Waals surface area contributed by atoms with E-state index in [4.69, 9.17) is 12.2 Å². The van der Waals surface area contributed by atoms with E-state index in [1.807, 2.05) is 42.5 Å². The number of hydrogen-bond acceptors (Lipinski definition) is 4. The molecule has 28 heavy (non-hydrogen) atoms. The Balaban J connectivity index is 1.54. The third-order valence-electron chi connectivity index (χ3n) is 4.36. The molecule has 1 fully saturated rings. The summed E-state index contributed by atoms with van der Waals surface area (Å²) < 4.78 is 0.504. The van der Waals surface area contributed by atoms with Crippen molar-refractivity contribution >= 4 is 46.0 Å². The summed E-state index contributed by atoms with van der Waals surface area (Å²) in [5.41, 5.74) is 5.51. The van der Waals surface area contributed by atoms with Crippen LogP contribution in [0.4, 0.5) is 5.69 Å². The summed E-state index contributed by atoms with van der Waals surface area (Å²) in [6.07, 6.45) is 1.88. The zero-order chi connectivity index (χ0) is 19.3. The van der Waals surface area contributed by atoms with E-state index in [9.17, 15) is 4.79 Å². The molecular weight excluding hydrogens is 384 g/mol. The number of benzene rings is 3. The van der Waals surface area contributed by atoms with Crippen molar-refractivity contribution in [2.45, 2.75) is 6.54 Å². The van der Waals surface area contributed by atoms with Crippen LogP contribution >= 0.6 is 24.0 Å². The molecule has 0 spiro atoms. The highest BCUT2D eigenvalue weighted by Gasteiger charge is 2.21. The van der Waals surface area contributed by atoms with E-state index in [1.165, 1.54) is 17.3 Å². The first-order valence-electron chi connectivity index (χ1n) is 8.90. The van der Waals surface area contributed by atoms with Crippen molar-refractivity contribution in [3.63, 3.8) is 0 Å². The fourth-order valence-electron chi connectivity index (χ4n) is 2.99. The Morgan fingerprint density at radius 1 is 0.929 bits per heavy atom. The van der Waals surface area contributed by atoms with E-state index in [1.54, 1.807) is 0 Å². The second kappa shape index (κ2) is 8.42. The molecule has 3 nitrogen and oxygen atoms in total. The van der Waals surface area contributed by atoms with Crippen LogP contribution in [0.2, 0.25) is 0 Å². The van der Waals surface area contributed by atoms with Gasteiger partial charge >= 0.3 is 0 Å². The lowest BCUT2D eigenvalue weighted by Gasteiger charge is -2.09. The van der Waals surface area contributed by atoms with Crippen LogP contribution in [-0.2, 0) is 11.3 Å². The number of thiocarbonyl (C=S) groups is 1. The Bertz CT molecular complexity index is 1060. The number of thioether (sulfide) groups is 1. The molecule has 0 bridgehead atoms. The van der Waals surface area contributed by atoms with Crippen LogP contribution in [0.1, 0.15) is 11.1 Å². The van der Waals surface area contributed by atoms with Crippen LogP contribution in [0.25, 0.3) is 17.2 Å². The minimum Gasteiger partial charge on any atom is -0.381 e. The molecular formula is C23H18N2OS2. The molecule has 0 aromatic heterocycles. The first-order chi connectivity index (χ1) is 13.7. The van der Waals surface area contributed by atoms with Gasteiger partial charge in [0.15, 0.2) is 0 Å². The topological polar surface area (TPSA) is 41.1 Å². The smallest absolute Gasteiger partial charge is 0.263 e. The molecule has 1 aliphatic heterocycles. The van der Waals surface area contributed by atoms with Gasteiger partial charge in [0.05, 0.1) is 4.91 Å². The summed E-state index contributed by atoms with van der Waals surface area (Å²) in [4.78, 5) is 12.5. The normalized spacial score (nSPS) is 14.9. The molecule has 0 aliphatic carbocycles. The summed E-state index contributed by atoms with van der Waals surface area (Å²) in [5, 5.41) is 6.12. The summed E-state index contributed by atoms with van der Waals surface area (Å²) in [6, 6.07) is 26.8. The van der Waals surface area contributed by atoms with E-state index in [0.29, 0.717) is 9.23 Å². The molecule has 4 rings (SSSR count). The van der Waals surface area contributed by atoms with Gasteiger partial charge < -0.3 is 10.6 Å². The van der Waals surface area contributed by atoms with Crippen LogP contribution in [0.5, 0.6) is 0 Å². The van der Waals surface area contributed by atoms with Gasteiger partial charge in [-0.25, -0.2) is 0 Å².